The maximum absolute atomic E-state index is 12.6. The molecule has 0 saturated carbocycles. The zero-order chi connectivity index (χ0) is 22.4. The highest BCUT2D eigenvalue weighted by atomic mass is 32.2. The van der Waals surface area contributed by atoms with Crippen LogP contribution in [0.1, 0.15) is 37.0 Å². The normalized spacial score (nSPS) is 15.3. The van der Waals surface area contributed by atoms with Crippen LogP contribution in [0.4, 0.5) is 5.69 Å². The van der Waals surface area contributed by atoms with Gasteiger partial charge in [0.2, 0.25) is 10.0 Å². The topological polar surface area (TPSA) is 102 Å². The highest BCUT2D eigenvalue weighted by Gasteiger charge is 2.27. The van der Waals surface area contributed by atoms with Crippen molar-refractivity contribution in [3.63, 3.8) is 0 Å². The molecule has 1 N–H and O–H groups in total. The number of rotatable bonds is 8. The minimum absolute atomic E-state index is 0.207. The standard InChI is InChI=1S/C22H26N2O6S/c1-3-29-22(26)17-6-10-19(11-7-17)30-16(2)21(25)23-18-8-12-20(13-9-18)31(27,28)24-14-4-5-15-24/h6-13,16H,3-5,14-15H2,1-2H3,(H,23,25)/t16-/m0/s1. The number of anilines is 1. The van der Waals surface area contributed by atoms with Crippen LogP contribution in [-0.2, 0) is 19.6 Å². The van der Waals surface area contributed by atoms with Crippen LogP contribution in [0.2, 0.25) is 0 Å². The lowest BCUT2D eigenvalue weighted by Crippen LogP contribution is -2.30. The highest BCUT2D eigenvalue weighted by Crippen LogP contribution is 2.22. The minimum atomic E-state index is -3.49. The number of hydrogen-bond donors (Lipinski definition) is 1. The molecule has 31 heavy (non-hydrogen) atoms. The molecule has 9 heteroatoms. The van der Waals surface area contributed by atoms with E-state index in [0.717, 1.165) is 12.8 Å². The third-order valence-electron chi connectivity index (χ3n) is 4.87. The molecule has 1 amide bonds. The second-order valence-corrected chi connectivity index (χ2v) is 9.07. The van der Waals surface area contributed by atoms with Gasteiger partial charge in [-0.2, -0.15) is 4.31 Å². The Hall–Kier alpha value is -2.91. The van der Waals surface area contributed by atoms with Crippen LogP contribution < -0.4 is 10.1 Å². The number of amides is 1. The Bertz CT molecular complexity index is 1010. The molecule has 0 aromatic heterocycles. The Labute approximate surface area is 182 Å². The lowest BCUT2D eigenvalue weighted by molar-refractivity contribution is -0.122. The highest BCUT2D eigenvalue weighted by molar-refractivity contribution is 7.89. The first-order valence-electron chi connectivity index (χ1n) is 10.2. The van der Waals surface area contributed by atoms with Gasteiger partial charge in [0.1, 0.15) is 5.75 Å². The average molecular weight is 447 g/mol. The molecule has 8 nitrogen and oxygen atoms in total. The van der Waals surface area contributed by atoms with Gasteiger partial charge in [-0.25, -0.2) is 13.2 Å². The molecule has 1 saturated heterocycles. The van der Waals surface area contributed by atoms with E-state index >= 15 is 0 Å². The van der Waals surface area contributed by atoms with Gasteiger partial charge in [0.25, 0.3) is 5.91 Å². The fourth-order valence-corrected chi connectivity index (χ4v) is 4.69. The first kappa shape index (κ1) is 22.8. The molecule has 0 aliphatic carbocycles. The van der Waals surface area contributed by atoms with Gasteiger partial charge < -0.3 is 14.8 Å². The van der Waals surface area contributed by atoms with Crippen LogP contribution >= 0.6 is 0 Å². The predicted octanol–water partition coefficient (Wildman–Crippen LogP) is 3.05. The molecule has 1 aliphatic rings. The van der Waals surface area contributed by atoms with E-state index in [1.807, 2.05) is 0 Å². The number of ether oxygens (including phenoxy) is 2. The van der Waals surface area contributed by atoms with E-state index in [2.05, 4.69) is 5.32 Å². The maximum atomic E-state index is 12.6. The van der Waals surface area contributed by atoms with E-state index in [1.54, 1.807) is 50.2 Å². The summed E-state index contributed by atoms with van der Waals surface area (Å²) in [5.41, 5.74) is 0.869. The van der Waals surface area contributed by atoms with Crippen LogP contribution in [0.15, 0.2) is 53.4 Å². The Morgan fingerprint density at radius 1 is 1.03 bits per heavy atom. The van der Waals surface area contributed by atoms with Crippen LogP contribution in [0.5, 0.6) is 5.75 Å². The van der Waals surface area contributed by atoms with Gasteiger partial charge >= 0.3 is 5.97 Å². The summed E-state index contributed by atoms with van der Waals surface area (Å²) in [4.78, 5) is 24.3. The molecule has 3 rings (SSSR count). The summed E-state index contributed by atoms with van der Waals surface area (Å²) in [6, 6.07) is 12.4. The van der Waals surface area contributed by atoms with Gasteiger partial charge in [0.05, 0.1) is 17.1 Å². The van der Waals surface area contributed by atoms with Crippen molar-refractivity contribution < 1.29 is 27.5 Å². The van der Waals surface area contributed by atoms with Gasteiger partial charge in [-0.1, -0.05) is 0 Å². The van der Waals surface area contributed by atoms with Gasteiger partial charge in [-0.05, 0) is 75.2 Å². The van der Waals surface area contributed by atoms with Crippen LogP contribution in [0, 0.1) is 0 Å². The molecule has 1 atom stereocenters. The Morgan fingerprint density at radius 2 is 1.65 bits per heavy atom. The van der Waals surface area contributed by atoms with Crippen LogP contribution in [0.25, 0.3) is 0 Å². The molecular formula is C22H26N2O6S. The van der Waals surface area contributed by atoms with Crippen molar-refractivity contribution in [3.05, 3.63) is 54.1 Å². The van der Waals surface area contributed by atoms with Gasteiger partial charge in [-0.15, -0.1) is 0 Å². The molecular weight excluding hydrogens is 420 g/mol. The molecule has 0 unspecified atom stereocenters. The summed E-state index contributed by atoms with van der Waals surface area (Å²) >= 11 is 0. The predicted molar refractivity (Wildman–Crippen MR) is 116 cm³/mol. The number of carbonyl (C=O) groups excluding carboxylic acids is 2. The van der Waals surface area contributed by atoms with Crippen molar-refractivity contribution in [3.8, 4) is 5.75 Å². The molecule has 1 heterocycles. The summed E-state index contributed by atoms with van der Waals surface area (Å²) in [5, 5.41) is 2.71. The van der Waals surface area contributed by atoms with E-state index in [4.69, 9.17) is 9.47 Å². The zero-order valence-electron chi connectivity index (χ0n) is 17.5. The number of nitrogens with zero attached hydrogens (tertiary/aromatic N) is 1. The summed E-state index contributed by atoms with van der Waals surface area (Å²) in [7, 11) is -3.49. The van der Waals surface area contributed by atoms with E-state index in [9.17, 15) is 18.0 Å². The van der Waals surface area contributed by atoms with Gasteiger partial charge in [0, 0.05) is 18.8 Å². The number of hydrogen-bond acceptors (Lipinski definition) is 6. The summed E-state index contributed by atoms with van der Waals surface area (Å²) in [5.74, 6) is -0.373. The second-order valence-electron chi connectivity index (χ2n) is 7.13. The SMILES string of the molecule is CCOC(=O)c1ccc(O[C@@H](C)C(=O)Nc2ccc(S(=O)(=O)N3CCCC3)cc2)cc1. The fourth-order valence-electron chi connectivity index (χ4n) is 3.17. The van der Waals surface area contributed by atoms with Crippen molar-refractivity contribution in [2.75, 3.05) is 25.0 Å². The van der Waals surface area contributed by atoms with E-state index in [1.165, 1.54) is 16.4 Å². The number of esters is 1. The molecule has 2 aromatic rings. The third kappa shape index (κ3) is 5.62. The Morgan fingerprint density at radius 3 is 2.23 bits per heavy atom. The van der Waals surface area contributed by atoms with E-state index in [0.29, 0.717) is 36.7 Å². The van der Waals surface area contributed by atoms with E-state index < -0.39 is 22.1 Å². The monoisotopic (exact) mass is 446 g/mol. The Balaban J connectivity index is 1.57. The molecule has 1 aliphatic heterocycles. The van der Waals surface area contributed by atoms with Crippen LogP contribution in [-0.4, -0.2) is 50.4 Å². The molecule has 0 radical (unpaired) electrons. The quantitative estimate of drug-likeness (QED) is 0.626. The van der Waals surface area contributed by atoms with Crippen molar-refractivity contribution in [2.45, 2.75) is 37.7 Å². The summed E-state index contributed by atoms with van der Waals surface area (Å²) < 4.78 is 37.2. The van der Waals surface area contributed by atoms with E-state index in [-0.39, 0.29) is 10.8 Å². The summed E-state index contributed by atoms with van der Waals surface area (Å²) in [6.07, 6.45) is 0.939. The van der Waals surface area contributed by atoms with Crippen molar-refractivity contribution in [2.24, 2.45) is 0 Å². The lowest BCUT2D eigenvalue weighted by atomic mass is 10.2. The third-order valence-corrected chi connectivity index (χ3v) is 6.79. The molecule has 2 aromatic carbocycles. The second kappa shape index (κ2) is 9.93. The minimum Gasteiger partial charge on any atom is -0.481 e. The largest absolute Gasteiger partial charge is 0.481 e. The Kier molecular flexibility index (Phi) is 7.29. The molecule has 1 fully saturated rings. The van der Waals surface area contributed by atoms with Crippen LogP contribution in [0.3, 0.4) is 0 Å². The van der Waals surface area contributed by atoms with Crippen molar-refractivity contribution in [1.82, 2.24) is 4.31 Å². The lowest BCUT2D eigenvalue weighted by Gasteiger charge is -2.17. The molecule has 166 valence electrons. The zero-order valence-corrected chi connectivity index (χ0v) is 18.4. The first-order valence-corrected chi connectivity index (χ1v) is 11.6. The molecule has 0 spiro atoms. The van der Waals surface area contributed by atoms with Gasteiger partial charge in [-0.3, -0.25) is 4.79 Å². The fraction of sp³-hybridized carbons (Fsp3) is 0.364. The number of nitrogens with one attached hydrogen (secondary N) is 1. The van der Waals surface area contributed by atoms with Gasteiger partial charge in [0.15, 0.2) is 6.10 Å². The molecule has 0 bridgehead atoms. The first-order chi connectivity index (χ1) is 14.8. The number of sulfonamides is 1. The summed E-state index contributed by atoms with van der Waals surface area (Å²) in [6.45, 7) is 4.70. The maximum Gasteiger partial charge on any atom is 0.338 e. The van der Waals surface area contributed by atoms with Crippen molar-refractivity contribution >= 4 is 27.6 Å². The average Bonchev–Trinajstić information content (AvgIpc) is 3.31. The smallest absolute Gasteiger partial charge is 0.338 e. The number of carbonyl (C=O) groups is 2. The number of benzene rings is 2. The van der Waals surface area contributed by atoms with Crippen molar-refractivity contribution in [1.29, 1.82) is 0 Å².